The molecule has 6 heteroatoms. The van der Waals surface area contributed by atoms with Crippen molar-refractivity contribution in [3.05, 3.63) is 59.1 Å². The fraction of sp³-hybridized carbons (Fsp3) is 0.158. The van der Waals surface area contributed by atoms with Crippen molar-refractivity contribution in [3.8, 4) is 22.1 Å². The van der Waals surface area contributed by atoms with Gasteiger partial charge in [-0.3, -0.25) is 4.79 Å². The highest BCUT2D eigenvalue weighted by molar-refractivity contribution is 7.13. The van der Waals surface area contributed by atoms with E-state index in [1.165, 1.54) is 16.9 Å². The number of nitrogens with one attached hydrogen (secondary N) is 1. The van der Waals surface area contributed by atoms with Gasteiger partial charge in [0.05, 0.1) is 14.2 Å². The Hall–Kier alpha value is -2.86. The quantitative estimate of drug-likeness (QED) is 0.738. The van der Waals surface area contributed by atoms with Crippen LogP contribution in [0.2, 0.25) is 0 Å². The zero-order valence-corrected chi connectivity index (χ0v) is 15.0. The first-order valence-corrected chi connectivity index (χ1v) is 8.54. The van der Waals surface area contributed by atoms with Crippen molar-refractivity contribution in [3.63, 3.8) is 0 Å². The molecule has 3 aromatic rings. The molecule has 0 atom stereocenters. The maximum Gasteiger partial charge on any atom is 0.275 e. The fourth-order valence-electron chi connectivity index (χ4n) is 2.28. The second-order valence-electron chi connectivity index (χ2n) is 5.46. The van der Waals surface area contributed by atoms with E-state index in [-0.39, 0.29) is 5.91 Å². The zero-order valence-electron chi connectivity index (χ0n) is 14.2. The topological polar surface area (TPSA) is 60.5 Å². The van der Waals surface area contributed by atoms with E-state index in [9.17, 15) is 4.79 Å². The maximum atomic E-state index is 12.5. The van der Waals surface area contributed by atoms with Crippen LogP contribution >= 0.6 is 11.3 Å². The van der Waals surface area contributed by atoms with Crippen LogP contribution in [0.1, 0.15) is 16.1 Å². The van der Waals surface area contributed by atoms with E-state index in [1.54, 1.807) is 37.8 Å². The van der Waals surface area contributed by atoms with Gasteiger partial charge >= 0.3 is 0 Å². The Morgan fingerprint density at radius 3 is 2.28 bits per heavy atom. The molecule has 5 nitrogen and oxygen atoms in total. The first kappa shape index (κ1) is 17.0. The Labute approximate surface area is 150 Å². The summed E-state index contributed by atoms with van der Waals surface area (Å²) in [4.78, 5) is 16.9. The lowest BCUT2D eigenvalue weighted by Crippen LogP contribution is -2.12. The van der Waals surface area contributed by atoms with Crippen molar-refractivity contribution >= 4 is 22.9 Å². The standard InChI is InChI=1S/C19H18N2O3S/c1-12-4-6-13(7-5-12)19-21-17(11-25-19)18(22)20-14-8-15(23-2)10-16(9-14)24-3/h4-11H,1-3H3,(H,20,22). The fourth-order valence-corrected chi connectivity index (χ4v) is 3.09. The van der Waals surface area contributed by atoms with Gasteiger partial charge in [0, 0.05) is 34.8 Å². The molecule has 0 spiro atoms. The van der Waals surface area contributed by atoms with Gasteiger partial charge in [-0.05, 0) is 6.92 Å². The van der Waals surface area contributed by atoms with Crippen LogP contribution in [0.3, 0.4) is 0 Å². The predicted octanol–water partition coefficient (Wildman–Crippen LogP) is 4.39. The average Bonchev–Trinajstić information content (AvgIpc) is 3.12. The maximum absolute atomic E-state index is 12.5. The summed E-state index contributed by atoms with van der Waals surface area (Å²) >= 11 is 1.44. The predicted molar refractivity (Wildman–Crippen MR) is 99.8 cm³/mol. The third-order valence-corrected chi connectivity index (χ3v) is 4.54. The van der Waals surface area contributed by atoms with Gasteiger partial charge in [0.1, 0.15) is 22.2 Å². The number of ether oxygens (including phenoxy) is 2. The molecule has 0 fully saturated rings. The lowest BCUT2D eigenvalue weighted by atomic mass is 10.2. The highest BCUT2D eigenvalue weighted by Crippen LogP contribution is 2.27. The molecule has 1 amide bonds. The molecule has 0 aliphatic rings. The van der Waals surface area contributed by atoms with E-state index < -0.39 is 0 Å². The molecule has 128 valence electrons. The molecular weight excluding hydrogens is 336 g/mol. The highest BCUT2D eigenvalue weighted by Gasteiger charge is 2.13. The van der Waals surface area contributed by atoms with Gasteiger partial charge in [-0.2, -0.15) is 0 Å². The number of thiazole rings is 1. The molecule has 0 radical (unpaired) electrons. The first-order chi connectivity index (χ1) is 12.1. The van der Waals surface area contributed by atoms with Crippen LogP contribution in [0.15, 0.2) is 47.8 Å². The number of hydrogen-bond acceptors (Lipinski definition) is 5. The number of nitrogens with zero attached hydrogens (tertiary/aromatic N) is 1. The van der Waals surface area contributed by atoms with E-state index in [1.807, 2.05) is 31.2 Å². The summed E-state index contributed by atoms with van der Waals surface area (Å²) in [5.74, 6) is 0.937. The van der Waals surface area contributed by atoms with Crippen molar-refractivity contribution in [2.75, 3.05) is 19.5 Å². The number of amides is 1. The molecular formula is C19H18N2O3S. The van der Waals surface area contributed by atoms with Crippen LogP contribution in [-0.4, -0.2) is 25.1 Å². The number of aryl methyl sites for hydroxylation is 1. The third-order valence-electron chi connectivity index (χ3n) is 3.64. The Morgan fingerprint density at radius 2 is 1.68 bits per heavy atom. The Kier molecular flexibility index (Phi) is 5.00. The number of aromatic nitrogens is 1. The summed E-state index contributed by atoms with van der Waals surface area (Å²) in [6.07, 6.45) is 0. The summed E-state index contributed by atoms with van der Waals surface area (Å²) in [5.41, 5.74) is 3.15. The number of methoxy groups -OCH3 is 2. The minimum atomic E-state index is -0.273. The third kappa shape index (κ3) is 3.97. The zero-order chi connectivity index (χ0) is 17.8. The number of carbonyl (C=O) groups is 1. The molecule has 1 heterocycles. The van der Waals surface area contributed by atoms with Crippen LogP contribution in [0.4, 0.5) is 5.69 Å². The molecule has 0 aliphatic carbocycles. The smallest absolute Gasteiger partial charge is 0.275 e. The van der Waals surface area contributed by atoms with Crippen LogP contribution < -0.4 is 14.8 Å². The van der Waals surface area contributed by atoms with E-state index in [0.29, 0.717) is 22.9 Å². The van der Waals surface area contributed by atoms with Gasteiger partial charge < -0.3 is 14.8 Å². The molecule has 2 aromatic carbocycles. The molecule has 25 heavy (non-hydrogen) atoms. The van der Waals surface area contributed by atoms with Crippen LogP contribution in [0.25, 0.3) is 10.6 Å². The van der Waals surface area contributed by atoms with Crippen molar-refractivity contribution in [1.29, 1.82) is 0 Å². The number of hydrogen-bond donors (Lipinski definition) is 1. The molecule has 0 bridgehead atoms. The van der Waals surface area contributed by atoms with Gasteiger partial charge in [0.15, 0.2) is 0 Å². The average molecular weight is 354 g/mol. The summed E-state index contributed by atoms with van der Waals surface area (Å²) in [5, 5.41) is 5.39. The Morgan fingerprint density at radius 1 is 1.04 bits per heavy atom. The summed E-state index contributed by atoms with van der Waals surface area (Å²) in [6.45, 7) is 2.03. The molecule has 1 N–H and O–H groups in total. The van der Waals surface area contributed by atoms with Gasteiger partial charge in [-0.25, -0.2) is 4.98 Å². The number of rotatable bonds is 5. The van der Waals surface area contributed by atoms with Crippen LogP contribution in [0, 0.1) is 6.92 Å². The summed E-state index contributed by atoms with van der Waals surface area (Å²) < 4.78 is 10.4. The van der Waals surface area contributed by atoms with Crippen molar-refractivity contribution in [2.24, 2.45) is 0 Å². The van der Waals surface area contributed by atoms with E-state index in [2.05, 4.69) is 10.3 Å². The Balaban J connectivity index is 1.79. The largest absolute Gasteiger partial charge is 0.497 e. The minimum absolute atomic E-state index is 0.273. The molecule has 1 aromatic heterocycles. The molecule has 0 unspecified atom stereocenters. The highest BCUT2D eigenvalue weighted by atomic mass is 32.1. The van der Waals surface area contributed by atoms with Crippen molar-refractivity contribution in [2.45, 2.75) is 6.92 Å². The molecule has 0 saturated carbocycles. The van der Waals surface area contributed by atoms with Crippen molar-refractivity contribution < 1.29 is 14.3 Å². The molecule has 0 saturated heterocycles. The van der Waals surface area contributed by atoms with Gasteiger partial charge in [-0.15, -0.1) is 11.3 Å². The summed E-state index contributed by atoms with van der Waals surface area (Å²) in [7, 11) is 3.13. The molecule has 0 aliphatic heterocycles. The van der Waals surface area contributed by atoms with Crippen molar-refractivity contribution in [1.82, 2.24) is 4.98 Å². The minimum Gasteiger partial charge on any atom is -0.497 e. The van der Waals surface area contributed by atoms with E-state index >= 15 is 0 Å². The second-order valence-corrected chi connectivity index (χ2v) is 6.32. The SMILES string of the molecule is COc1cc(NC(=O)c2csc(-c3ccc(C)cc3)n2)cc(OC)c1. The second kappa shape index (κ2) is 7.36. The number of carbonyl (C=O) groups excluding carboxylic acids is 1. The normalized spacial score (nSPS) is 10.4. The lowest BCUT2D eigenvalue weighted by molar-refractivity contribution is 0.102. The monoisotopic (exact) mass is 354 g/mol. The van der Waals surface area contributed by atoms with Crippen LogP contribution in [0.5, 0.6) is 11.5 Å². The van der Waals surface area contributed by atoms with E-state index in [0.717, 1.165) is 10.6 Å². The van der Waals surface area contributed by atoms with Gasteiger partial charge in [0.2, 0.25) is 0 Å². The first-order valence-electron chi connectivity index (χ1n) is 7.66. The van der Waals surface area contributed by atoms with Gasteiger partial charge in [0.25, 0.3) is 5.91 Å². The lowest BCUT2D eigenvalue weighted by Gasteiger charge is -2.09. The van der Waals surface area contributed by atoms with E-state index in [4.69, 9.17) is 9.47 Å². The van der Waals surface area contributed by atoms with Crippen LogP contribution in [-0.2, 0) is 0 Å². The summed E-state index contributed by atoms with van der Waals surface area (Å²) in [6, 6.07) is 13.3. The number of anilines is 1. The Bertz CT molecular complexity index is 866. The number of benzene rings is 2. The molecule has 3 rings (SSSR count). The van der Waals surface area contributed by atoms with Gasteiger partial charge in [-0.1, -0.05) is 29.8 Å².